The molecule has 1 aliphatic heterocycles. The Bertz CT molecular complexity index is 341. The third kappa shape index (κ3) is 3.45. The molecular formula is C14H21NO2. The van der Waals surface area contributed by atoms with Crippen LogP contribution in [-0.4, -0.2) is 32.9 Å². The molecule has 0 aromatic heterocycles. The van der Waals surface area contributed by atoms with E-state index in [9.17, 15) is 0 Å². The van der Waals surface area contributed by atoms with Gasteiger partial charge >= 0.3 is 0 Å². The first-order valence-corrected chi connectivity index (χ1v) is 6.42. The zero-order chi connectivity index (χ0) is 11.9. The predicted molar refractivity (Wildman–Crippen MR) is 68.7 cm³/mol. The fraction of sp³-hybridized carbons (Fsp3) is 0.571. The fourth-order valence-corrected chi connectivity index (χ4v) is 2.12. The summed E-state index contributed by atoms with van der Waals surface area (Å²) < 4.78 is 10.9. The Morgan fingerprint density at radius 3 is 3.18 bits per heavy atom. The second-order valence-corrected chi connectivity index (χ2v) is 4.30. The van der Waals surface area contributed by atoms with Gasteiger partial charge in [0.15, 0.2) is 0 Å². The van der Waals surface area contributed by atoms with E-state index in [1.165, 1.54) is 5.56 Å². The molecule has 3 nitrogen and oxygen atoms in total. The van der Waals surface area contributed by atoms with Gasteiger partial charge < -0.3 is 14.8 Å². The molecule has 17 heavy (non-hydrogen) atoms. The molecule has 1 unspecified atom stereocenters. The lowest BCUT2D eigenvalue weighted by Crippen LogP contribution is -2.24. The van der Waals surface area contributed by atoms with Gasteiger partial charge in [-0.05, 0) is 26.0 Å². The molecule has 1 aromatic rings. The number of para-hydroxylation sites is 1. The zero-order valence-corrected chi connectivity index (χ0v) is 10.4. The maximum Gasteiger partial charge on any atom is 0.122 e. The summed E-state index contributed by atoms with van der Waals surface area (Å²) >= 11 is 0. The van der Waals surface area contributed by atoms with Gasteiger partial charge in [0.2, 0.25) is 0 Å². The van der Waals surface area contributed by atoms with Crippen molar-refractivity contribution in [2.24, 2.45) is 0 Å². The Hall–Kier alpha value is -1.06. The average Bonchev–Trinajstić information content (AvgIpc) is 2.77. The summed E-state index contributed by atoms with van der Waals surface area (Å²) in [4.78, 5) is 0. The van der Waals surface area contributed by atoms with E-state index in [2.05, 4.69) is 17.4 Å². The average molecular weight is 235 g/mol. The monoisotopic (exact) mass is 235 g/mol. The normalized spacial score (nSPS) is 17.8. The molecule has 1 aromatic carbocycles. The van der Waals surface area contributed by atoms with Crippen LogP contribution in [0.1, 0.15) is 24.8 Å². The van der Waals surface area contributed by atoms with Gasteiger partial charge in [-0.2, -0.15) is 0 Å². The van der Waals surface area contributed by atoms with Crippen LogP contribution in [0.15, 0.2) is 24.3 Å². The minimum absolute atomic E-state index is 0.498. The lowest BCUT2D eigenvalue weighted by Gasteiger charge is -2.10. The number of ether oxygens (including phenoxy) is 2. The number of rotatable bonds is 7. The van der Waals surface area contributed by atoms with E-state index < -0.39 is 0 Å². The van der Waals surface area contributed by atoms with Gasteiger partial charge in [0.1, 0.15) is 5.75 Å². The van der Waals surface area contributed by atoms with E-state index in [0.29, 0.717) is 5.92 Å². The van der Waals surface area contributed by atoms with Gasteiger partial charge in [0.05, 0.1) is 6.61 Å². The fourth-order valence-electron chi connectivity index (χ4n) is 2.12. The summed E-state index contributed by atoms with van der Waals surface area (Å²) in [5, 5.41) is 3.47. The molecule has 1 N–H and O–H groups in total. The third-order valence-corrected chi connectivity index (χ3v) is 3.04. The van der Waals surface area contributed by atoms with E-state index >= 15 is 0 Å². The maximum atomic E-state index is 5.64. The van der Waals surface area contributed by atoms with Gasteiger partial charge in [-0.3, -0.25) is 0 Å². The van der Waals surface area contributed by atoms with Crippen molar-refractivity contribution in [1.29, 1.82) is 0 Å². The quantitative estimate of drug-likeness (QED) is 0.735. The molecule has 94 valence electrons. The van der Waals surface area contributed by atoms with E-state index in [-0.39, 0.29) is 0 Å². The summed E-state index contributed by atoms with van der Waals surface area (Å²) in [6, 6.07) is 8.31. The van der Waals surface area contributed by atoms with Crippen LogP contribution in [-0.2, 0) is 4.74 Å². The molecule has 0 saturated carbocycles. The number of nitrogens with one attached hydrogen (secondary N) is 1. The van der Waals surface area contributed by atoms with E-state index in [1.54, 1.807) is 0 Å². The largest absolute Gasteiger partial charge is 0.493 e. The summed E-state index contributed by atoms with van der Waals surface area (Å²) in [6.07, 6.45) is 1.07. The van der Waals surface area contributed by atoms with Crippen molar-refractivity contribution in [2.45, 2.75) is 19.3 Å². The number of benzene rings is 1. The van der Waals surface area contributed by atoms with Gasteiger partial charge in [0, 0.05) is 31.2 Å². The highest BCUT2D eigenvalue weighted by Gasteiger charge is 2.22. The van der Waals surface area contributed by atoms with Crippen molar-refractivity contribution in [2.75, 3.05) is 32.9 Å². The minimum atomic E-state index is 0.498. The molecule has 1 heterocycles. The van der Waals surface area contributed by atoms with Crippen molar-refractivity contribution in [3.8, 4) is 5.75 Å². The van der Waals surface area contributed by atoms with Crippen LogP contribution in [0.4, 0.5) is 0 Å². The maximum absolute atomic E-state index is 5.64. The second-order valence-electron chi connectivity index (χ2n) is 4.30. The third-order valence-electron chi connectivity index (χ3n) is 3.04. The summed E-state index contributed by atoms with van der Waals surface area (Å²) in [5.74, 6) is 1.55. The van der Waals surface area contributed by atoms with Crippen LogP contribution >= 0.6 is 0 Å². The minimum Gasteiger partial charge on any atom is -0.493 e. The van der Waals surface area contributed by atoms with Crippen molar-refractivity contribution in [1.82, 2.24) is 5.32 Å². The zero-order valence-electron chi connectivity index (χ0n) is 10.4. The van der Waals surface area contributed by atoms with Crippen molar-refractivity contribution < 1.29 is 9.47 Å². The molecule has 2 rings (SSSR count). The molecule has 1 atom stereocenters. The molecule has 0 fully saturated rings. The topological polar surface area (TPSA) is 30.5 Å². The molecular weight excluding hydrogens is 214 g/mol. The molecule has 3 heteroatoms. The first kappa shape index (κ1) is 12.4. The van der Waals surface area contributed by atoms with Crippen molar-refractivity contribution in [3.63, 3.8) is 0 Å². The summed E-state index contributed by atoms with van der Waals surface area (Å²) in [5.41, 5.74) is 1.34. The van der Waals surface area contributed by atoms with Gasteiger partial charge in [-0.25, -0.2) is 0 Å². The number of hydrogen-bond acceptors (Lipinski definition) is 3. The Morgan fingerprint density at radius 2 is 2.29 bits per heavy atom. The van der Waals surface area contributed by atoms with Gasteiger partial charge in [-0.1, -0.05) is 18.2 Å². The van der Waals surface area contributed by atoms with Crippen LogP contribution in [0.25, 0.3) is 0 Å². The van der Waals surface area contributed by atoms with Crippen LogP contribution in [0, 0.1) is 0 Å². The van der Waals surface area contributed by atoms with Gasteiger partial charge in [-0.15, -0.1) is 0 Å². The Kier molecular flexibility index (Phi) is 4.83. The Balaban J connectivity index is 1.68. The first-order chi connectivity index (χ1) is 8.42. The molecule has 0 radical (unpaired) electrons. The smallest absolute Gasteiger partial charge is 0.122 e. The molecule has 0 aliphatic carbocycles. The van der Waals surface area contributed by atoms with Gasteiger partial charge in [0.25, 0.3) is 0 Å². The van der Waals surface area contributed by atoms with E-state index in [0.717, 1.165) is 45.1 Å². The van der Waals surface area contributed by atoms with Crippen molar-refractivity contribution in [3.05, 3.63) is 29.8 Å². The molecule has 1 aliphatic rings. The predicted octanol–water partition coefficient (Wildman–Crippen LogP) is 2.18. The lowest BCUT2D eigenvalue weighted by molar-refractivity contribution is 0.144. The van der Waals surface area contributed by atoms with Crippen LogP contribution < -0.4 is 10.1 Å². The summed E-state index contributed by atoms with van der Waals surface area (Å²) in [7, 11) is 0. The van der Waals surface area contributed by atoms with Crippen LogP contribution in [0.3, 0.4) is 0 Å². The molecule has 0 amide bonds. The highest BCUT2D eigenvalue weighted by atomic mass is 16.5. The van der Waals surface area contributed by atoms with Crippen LogP contribution in [0.5, 0.6) is 5.75 Å². The SMILES string of the molecule is CCOCCCNCC1COc2ccccc21. The highest BCUT2D eigenvalue weighted by Crippen LogP contribution is 2.32. The molecule has 0 spiro atoms. The molecule has 0 bridgehead atoms. The van der Waals surface area contributed by atoms with E-state index in [1.807, 2.05) is 19.1 Å². The number of fused-ring (bicyclic) bond motifs is 1. The summed E-state index contributed by atoms with van der Waals surface area (Å²) in [6.45, 7) is 6.49. The Morgan fingerprint density at radius 1 is 1.41 bits per heavy atom. The lowest BCUT2D eigenvalue weighted by atomic mass is 10.0. The van der Waals surface area contributed by atoms with E-state index in [4.69, 9.17) is 9.47 Å². The first-order valence-electron chi connectivity index (χ1n) is 6.42. The van der Waals surface area contributed by atoms with Crippen molar-refractivity contribution >= 4 is 0 Å². The Labute approximate surface area is 103 Å². The van der Waals surface area contributed by atoms with Crippen LogP contribution in [0.2, 0.25) is 0 Å². The number of hydrogen-bond donors (Lipinski definition) is 1. The standard InChI is InChI=1S/C14H21NO2/c1-2-16-9-5-8-15-10-12-11-17-14-7-4-3-6-13(12)14/h3-4,6-7,12,15H,2,5,8-11H2,1H3. The molecule has 0 saturated heterocycles. The second kappa shape index (κ2) is 6.62. The highest BCUT2D eigenvalue weighted by molar-refractivity contribution is 5.39.